The number of hydrogen-bond donors (Lipinski definition) is 0. The van der Waals surface area contributed by atoms with Gasteiger partial charge in [-0.3, -0.25) is 9.48 Å². The summed E-state index contributed by atoms with van der Waals surface area (Å²) < 4.78 is 2.08. The summed E-state index contributed by atoms with van der Waals surface area (Å²) in [6.07, 6.45) is 1.34. The van der Waals surface area contributed by atoms with Crippen molar-refractivity contribution in [3.8, 4) is 0 Å². The molecule has 0 atom stereocenters. The van der Waals surface area contributed by atoms with Gasteiger partial charge < -0.3 is 4.90 Å². The molecule has 0 aromatic carbocycles. The van der Waals surface area contributed by atoms with Crippen molar-refractivity contribution in [3.63, 3.8) is 0 Å². The fourth-order valence-corrected chi connectivity index (χ4v) is 2.32. The zero-order chi connectivity index (χ0) is 15.4. The van der Waals surface area contributed by atoms with Crippen molar-refractivity contribution < 1.29 is 4.79 Å². The van der Waals surface area contributed by atoms with Crippen molar-refractivity contribution in [2.75, 3.05) is 7.05 Å². The lowest BCUT2D eigenvalue weighted by Crippen LogP contribution is -2.33. The highest BCUT2D eigenvalue weighted by Gasteiger charge is 2.16. The van der Waals surface area contributed by atoms with E-state index in [-0.39, 0.29) is 11.9 Å². The lowest BCUT2D eigenvalue weighted by Gasteiger charge is -2.21. The molecule has 0 radical (unpaired) electrons. The number of hydrogen-bond acceptors (Lipinski definition) is 2. The van der Waals surface area contributed by atoms with Crippen molar-refractivity contribution in [1.82, 2.24) is 14.7 Å². The second kappa shape index (κ2) is 6.91. The van der Waals surface area contributed by atoms with Crippen molar-refractivity contribution in [1.29, 1.82) is 0 Å². The lowest BCUT2D eigenvalue weighted by atomic mass is 10.1. The molecule has 0 aliphatic rings. The number of aryl methyl sites for hydroxylation is 1. The predicted octanol–water partition coefficient (Wildman–Crippen LogP) is 2.96. The van der Waals surface area contributed by atoms with E-state index in [0.29, 0.717) is 12.3 Å². The minimum Gasteiger partial charge on any atom is -0.343 e. The molecule has 114 valence electrons. The van der Waals surface area contributed by atoms with Crippen molar-refractivity contribution in [2.24, 2.45) is 5.92 Å². The zero-order valence-corrected chi connectivity index (χ0v) is 14.0. The maximum absolute atomic E-state index is 12.1. The van der Waals surface area contributed by atoms with Crippen LogP contribution >= 0.6 is 0 Å². The Labute approximate surface area is 123 Å². The summed E-state index contributed by atoms with van der Waals surface area (Å²) in [6, 6.07) is 0.258. The van der Waals surface area contributed by atoms with Crippen LogP contribution in [0, 0.1) is 19.8 Å². The molecule has 4 nitrogen and oxygen atoms in total. The lowest BCUT2D eigenvalue weighted by molar-refractivity contribution is -0.131. The molecule has 0 N–H and O–H groups in total. The first-order valence-corrected chi connectivity index (χ1v) is 7.52. The largest absolute Gasteiger partial charge is 0.343 e. The van der Waals surface area contributed by atoms with Gasteiger partial charge in [0.25, 0.3) is 0 Å². The van der Waals surface area contributed by atoms with Crippen LogP contribution in [0.3, 0.4) is 0 Å². The Hall–Kier alpha value is -1.32. The molecule has 0 saturated heterocycles. The summed E-state index contributed by atoms with van der Waals surface area (Å²) in [5.74, 6) is 0.782. The second-order valence-electron chi connectivity index (χ2n) is 6.32. The molecule has 0 bridgehead atoms. The van der Waals surface area contributed by atoms with Gasteiger partial charge in [-0.25, -0.2) is 0 Å². The van der Waals surface area contributed by atoms with Crippen LogP contribution in [0.25, 0.3) is 0 Å². The predicted molar refractivity (Wildman–Crippen MR) is 82.8 cm³/mol. The average molecular weight is 279 g/mol. The fraction of sp³-hybridized carbons (Fsp3) is 0.750. The first kappa shape index (κ1) is 16.7. The highest BCUT2D eigenvalue weighted by Crippen LogP contribution is 2.17. The van der Waals surface area contributed by atoms with Gasteiger partial charge >= 0.3 is 0 Å². The van der Waals surface area contributed by atoms with E-state index in [9.17, 15) is 4.79 Å². The Bertz CT molecular complexity index is 461. The van der Waals surface area contributed by atoms with Gasteiger partial charge in [-0.1, -0.05) is 13.8 Å². The van der Waals surface area contributed by atoms with Crippen molar-refractivity contribution >= 4 is 5.91 Å². The quantitative estimate of drug-likeness (QED) is 0.803. The SMILES string of the molecule is Cc1nn(CC(C)C)c(C)c1CCC(=O)N(C)C(C)C. The third-order valence-electron chi connectivity index (χ3n) is 3.83. The number of aromatic nitrogens is 2. The molecule has 20 heavy (non-hydrogen) atoms. The normalized spacial score (nSPS) is 11.4. The summed E-state index contributed by atoms with van der Waals surface area (Å²) in [5.41, 5.74) is 3.50. The fourth-order valence-electron chi connectivity index (χ4n) is 2.32. The second-order valence-corrected chi connectivity index (χ2v) is 6.32. The number of carbonyl (C=O) groups is 1. The first-order chi connectivity index (χ1) is 9.23. The Balaban J connectivity index is 2.74. The monoisotopic (exact) mass is 279 g/mol. The molecule has 1 amide bonds. The van der Waals surface area contributed by atoms with E-state index in [1.807, 2.05) is 32.7 Å². The van der Waals surface area contributed by atoms with Crippen molar-refractivity contribution in [3.05, 3.63) is 17.0 Å². The van der Waals surface area contributed by atoms with E-state index >= 15 is 0 Å². The standard InChI is InChI=1S/C16H29N3O/c1-11(2)10-19-14(6)15(13(5)17-19)8-9-16(20)18(7)12(3)4/h11-12H,8-10H2,1-7H3. The number of amides is 1. The van der Waals surface area contributed by atoms with Crippen molar-refractivity contribution in [2.45, 2.75) is 67.0 Å². The van der Waals surface area contributed by atoms with Gasteiger partial charge in [0.1, 0.15) is 0 Å². The Kier molecular flexibility index (Phi) is 5.78. The maximum atomic E-state index is 12.1. The minimum absolute atomic E-state index is 0.204. The van der Waals surface area contributed by atoms with Gasteiger partial charge in [0.2, 0.25) is 5.91 Å². The van der Waals surface area contributed by atoms with E-state index < -0.39 is 0 Å². The van der Waals surface area contributed by atoms with Crippen LogP contribution in [0.5, 0.6) is 0 Å². The number of nitrogens with zero attached hydrogens (tertiary/aromatic N) is 3. The molecule has 1 rings (SSSR count). The molecule has 0 saturated carbocycles. The maximum Gasteiger partial charge on any atom is 0.222 e. The zero-order valence-electron chi connectivity index (χ0n) is 14.0. The van der Waals surface area contributed by atoms with Gasteiger partial charge in [0, 0.05) is 31.7 Å². The van der Waals surface area contributed by atoms with Gasteiger partial charge in [0.05, 0.1) is 5.69 Å². The van der Waals surface area contributed by atoms with Gasteiger partial charge in [-0.15, -0.1) is 0 Å². The van der Waals surface area contributed by atoms with E-state index in [4.69, 9.17) is 0 Å². The van der Waals surface area contributed by atoms with Gasteiger partial charge in [0.15, 0.2) is 0 Å². The summed E-state index contributed by atoms with van der Waals surface area (Å²) in [7, 11) is 1.87. The smallest absolute Gasteiger partial charge is 0.222 e. The molecule has 4 heteroatoms. The third kappa shape index (κ3) is 4.09. The third-order valence-corrected chi connectivity index (χ3v) is 3.83. The van der Waals surface area contributed by atoms with Crippen LogP contribution in [-0.2, 0) is 17.8 Å². The molecule has 1 aromatic rings. The molecule has 0 spiro atoms. The van der Waals surface area contributed by atoms with Crippen LogP contribution in [0.4, 0.5) is 0 Å². The highest BCUT2D eigenvalue weighted by atomic mass is 16.2. The van der Waals surface area contributed by atoms with Crippen LogP contribution in [0.1, 0.15) is 51.1 Å². The Morgan fingerprint density at radius 3 is 2.35 bits per heavy atom. The molecule has 1 heterocycles. The van der Waals surface area contributed by atoms with Gasteiger partial charge in [-0.05, 0) is 45.6 Å². The summed E-state index contributed by atoms with van der Waals surface area (Å²) in [5, 5.41) is 4.60. The van der Waals surface area contributed by atoms with Crippen LogP contribution in [0.15, 0.2) is 0 Å². The molecule has 0 aliphatic heterocycles. The van der Waals surface area contributed by atoms with E-state index in [1.54, 1.807) is 0 Å². The molecular formula is C16H29N3O. The Morgan fingerprint density at radius 1 is 1.25 bits per heavy atom. The first-order valence-electron chi connectivity index (χ1n) is 7.52. The Morgan fingerprint density at radius 2 is 1.85 bits per heavy atom. The van der Waals surface area contributed by atoms with Crippen LogP contribution in [-0.4, -0.2) is 33.7 Å². The molecule has 0 unspecified atom stereocenters. The summed E-state index contributed by atoms with van der Waals surface area (Å²) >= 11 is 0. The summed E-state index contributed by atoms with van der Waals surface area (Å²) in [4.78, 5) is 13.9. The molecular weight excluding hydrogens is 250 g/mol. The average Bonchev–Trinajstić information content (AvgIpc) is 2.60. The van der Waals surface area contributed by atoms with E-state index in [1.165, 1.54) is 11.3 Å². The van der Waals surface area contributed by atoms with Gasteiger partial charge in [-0.2, -0.15) is 5.10 Å². The summed E-state index contributed by atoms with van der Waals surface area (Å²) in [6.45, 7) is 13.5. The topological polar surface area (TPSA) is 38.1 Å². The van der Waals surface area contributed by atoms with Crippen LogP contribution in [0.2, 0.25) is 0 Å². The highest BCUT2D eigenvalue weighted by molar-refractivity contribution is 5.76. The number of rotatable bonds is 6. The molecule has 0 aliphatic carbocycles. The molecule has 1 aromatic heterocycles. The molecule has 0 fully saturated rings. The number of carbonyl (C=O) groups excluding carboxylic acids is 1. The van der Waals surface area contributed by atoms with Crippen LogP contribution < -0.4 is 0 Å². The minimum atomic E-state index is 0.204. The van der Waals surface area contributed by atoms with E-state index in [2.05, 4.69) is 30.6 Å². The van der Waals surface area contributed by atoms with E-state index in [0.717, 1.165) is 18.7 Å².